The lowest BCUT2D eigenvalue weighted by atomic mass is 10.2. The van der Waals surface area contributed by atoms with E-state index in [1.165, 1.54) is 0 Å². The zero-order valence-corrected chi connectivity index (χ0v) is 17.9. The third-order valence-corrected chi connectivity index (χ3v) is 4.53. The van der Waals surface area contributed by atoms with Gasteiger partial charge >= 0.3 is 0 Å². The van der Waals surface area contributed by atoms with E-state index in [2.05, 4.69) is 20.8 Å². The van der Waals surface area contributed by atoms with Crippen LogP contribution in [0.4, 0.5) is 11.4 Å². The first-order chi connectivity index (χ1) is 14.0. The summed E-state index contributed by atoms with van der Waals surface area (Å²) in [6, 6.07) is 5.93. The number of nitrogens with one attached hydrogen (secondary N) is 2. The number of aromatic nitrogens is 4. The van der Waals surface area contributed by atoms with Crippen molar-refractivity contribution in [3.8, 4) is 11.5 Å². The highest BCUT2D eigenvalue weighted by molar-refractivity contribution is 7.80. The highest BCUT2D eigenvalue weighted by Crippen LogP contribution is 2.29. The molecule has 0 amide bonds. The van der Waals surface area contributed by atoms with Crippen LogP contribution in [0.2, 0.25) is 0 Å². The normalized spacial score (nSPS) is 10.6. The molecule has 2 heterocycles. The van der Waals surface area contributed by atoms with Crippen LogP contribution < -0.4 is 20.1 Å². The van der Waals surface area contributed by atoms with Crippen molar-refractivity contribution in [2.24, 2.45) is 7.05 Å². The first-order valence-electron chi connectivity index (χ1n) is 9.47. The molecule has 0 fully saturated rings. The molecule has 1 aromatic carbocycles. The van der Waals surface area contributed by atoms with Crippen molar-refractivity contribution in [2.45, 2.75) is 27.3 Å². The van der Waals surface area contributed by atoms with E-state index >= 15 is 0 Å². The Hall–Kier alpha value is -3.07. The molecule has 0 aliphatic rings. The van der Waals surface area contributed by atoms with Gasteiger partial charge in [-0.25, -0.2) is 0 Å². The average molecular weight is 415 g/mol. The predicted octanol–water partition coefficient (Wildman–Crippen LogP) is 3.58. The van der Waals surface area contributed by atoms with Gasteiger partial charge in [-0.15, -0.1) is 0 Å². The number of anilines is 2. The number of hydrogen-bond donors (Lipinski definition) is 2. The molecule has 154 valence electrons. The van der Waals surface area contributed by atoms with Crippen LogP contribution in [0.25, 0.3) is 0 Å². The molecule has 0 spiro atoms. The molecule has 0 saturated carbocycles. The second-order valence-electron chi connectivity index (χ2n) is 6.42. The summed E-state index contributed by atoms with van der Waals surface area (Å²) < 4.78 is 14.9. The Kier molecular flexibility index (Phi) is 6.71. The second kappa shape index (κ2) is 9.42. The Morgan fingerprint density at radius 1 is 1.07 bits per heavy atom. The molecule has 3 aromatic rings. The third-order valence-electron chi connectivity index (χ3n) is 4.33. The van der Waals surface area contributed by atoms with Gasteiger partial charge in [0.05, 0.1) is 49.2 Å². The molecular formula is C20H26N6O2S. The SMILES string of the molecule is CCOc1ccc(Cn2cc(NC(=S)Nc3cnn(C)c3C)cn2)cc1OCC. The highest BCUT2D eigenvalue weighted by Gasteiger charge is 2.09. The lowest BCUT2D eigenvalue weighted by Gasteiger charge is -2.12. The molecule has 0 atom stereocenters. The Morgan fingerprint density at radius 2 is 1.83 bits per heavy atom. The fourth-order valence-corrected chi connectivity index (χ4v) is 3.03. The minimum absolute atomic E-state index is 0.486. The summed E-state index contributed by atoms with van der Waals surface area (Å²) in [6.45, 7) is 7.67. The minimum Gasteiger partial charge on any atom is -0.490 e. The Labute approximate surface area is 175 Å². The topological polar surface area (TPSA) is 78.2 Å². The first kappa shape index (κ1) is 20.7. The van der Waals surface area contributed by atoms with Crippen LogP contribution in [-0.2, 0) is 13.6 Å². The molecule has 29 heavy (non-hydrogen) atoms. The van der Waals surface area contributed by atoms with Crippen LogP contribution in [0.1, 0.15) is 25.1 Å². The zero-order chi connectivity index (χ0) is 20.8. The van der Waals surface area contributed by atoms with E-state index < -0.39 is 0 Å². The molecule has 0 aliphatic heterocycles. The van der Waals surface area contributed by atoms with Gasteiger partial charge in [0, 0.05) is 13.2 Å². The standard InChI is InChI=1S/C20H26N6O2S/c1-5-27-18-8-7-15(9-19(18)28-6-2)12-26-13-16(10-22-26)23-20(29)24-17-11-21-25(4)14(17)3/h7-11,13H,5-6,12H2,1-4H3,(H2,23,24,29). The van der Waals surface area contributed by atoms with Crippen molar-refractivity contribution in [3.63, 3.8) is 0 Å². The highest BCUT2D eigenvalue weighted by atomic mass is 32.1. The van der Waals surface area contributed by atoms with E-state index in [0.717, 1.165) is 34.1 Å². The number of hydrogen-bond acceptors (Lipinski definition) is 5. The Morgan fingerprint density at radius 3 is 2.52 bits per heavy atom. The fraction of sp³-hybridized carbons (Fsp3) is 0.350. The first-order valence-corrected chi connectivity index (χ1v) is 9.88. The quantitative estimate of drug-likeness (QED) is 0.546. The molecule has 9 heteroatoms. The third kappa shape index (κ3) is 5.26. The van der Waals surface area contributed by atoms with E-state index in [1.807, 2.05) is 56.9 Å². The maximum Gasteiger partial charge on any atom is 0.175 e. The van der Waals surface area contributed by atoms with Crippen molar-refractivity contribution < 1.29 is 9.47 Å². The van der Waals surface area contributed by atoms with Crippen molar-refractivity contribution >= 4 is 28.7 Å². The lowest BCUT2D eigenvalue weighted by molar-refractivity contribution is 0.287. The second-order valence-corrected chi connectivity index (χ2v) is 6.83. The van der Waals surface area contributed by atoms with Crippen LogP contribution in [0.15, 0.2) is 36.8 Å². The number of ether oxygens (including phenoxy) is 2. The number of rotatable bonds is 8. The molecule has 0 aliphatic carbocycles. The summed E-state index contributed by atoms with van der Waals surface area (Å²) in [5.74, 6) is 1.50. The summed E-state index contributed by atoms with van der Waals surface area (Å²) >= 11 is 5.38. The largest absolute Gasteiger partial charge is 0.490 e. The molecular weight excluding hydrogens is 388 g/mol. The summed E-state index contributed by atoms with van der Waals surface area (Å²) in [7, 11) is 1.89. The summed E-state index contributed by atoms with van der Waals surface area (Å²) in [6.07, 6.45) is 5.39. The minimum atomic E-state index is 0.486. The van der Waals surface area contributed by atoms with E-state index in [4.69, 9.17) is 21.7 Å². The number of thiocarbonyl (C=S) groups is 1. The van der Waals surface area contributed by atoms with Gasteiger partial charge in [0.15, 0.2) is 16.6 Å². The monoisotopic (exact) mass is 414 g/mol. The molecule has 0 saturated heterocycles. The van der Waals surface area contributed by atoms with Crippen molar-refractivity contribution in [3.05, 3.63) is 48.0 Å². The van der Waals surface area contributed by atoms with Gasteiger partial charge in [0.2, 0.25) is 0 Å². The van der Waals surface area contributed by atoms with E-state index in [9.17, 15) is 0 Å². The Balaban J connectivity index is 1.63. The van der Waals surface area contributed by atoms with E-state index in [-0.39, 0.29) is 0 Å². The maximum atomic E-state index is 5.69. The Bertz CT molecular complexity index is 981. The fourth-order valence-electron chi connectivity index (χ4n) is 2.80. The van der Waals surface area contributed by atoms with Gasteiger partial charge < -0.3 is 20.1 Å². The zero-order valence-electron chi connectivity index (χ0n) is 17.1. The van der Waals surface area contributed by atoms with Crippen molar-refractivity contribution in [1.82, 2.24) is 19.6 Å². The van der Waals surface area contributed by atoms with Crippen LogP contribution in [0.5, 0.6) is 11.5 Å². The predicted molar refractivity (Wildman–Crippen MR) is 118 cm³/mol. The van der Waals surface area contributed by atoms with E-state index in [0.29, 0.717) is 24.9 Å². The van der Waals surface area contributed by atoms with Gasteiger partial charge in [-0.1, -0.05) is 6.07 Å². The van der Waals surface area contributed by atoms with Gasteiger partial charge in [-0.2, -0.15) is 10.2 Å². The molecule has 0 bridgehead atoms. The number of aryl methyl sites for hydroxylation is 1. The van der Waals surface area contributed by atoms with Gasteiger partial charge in [0.1, 0.15) is 0 Å². The molecule has 8 nitrogen and oxygen atoms in total. The molecule has 3 rings (SSSR count). The summed E-state index contributed by atoms with van der Waals surface area (Å²) in [5, 5.41) is 15.4. The smallest absolute Gasteiger partial charge is 0.175 e. The van der Waals surface area contributed by atoms with Gasteiger partial charge in [-0.3, -0.25) is 9.36 Å². The number of benzene rings is 1. The van der Waals surface area contributed by atoms with Gasteiger partial charge in [-0.05, 0) is 50.7 Å². The molecule has 2 N–H and O–H groups in total. The van der Waals surface area contributed by atoms with Crippen LogP contribution in [0, 0.1) is 6.92 Å². The van der Waals surface area contributed by atoms with Gasteiger partial charge in [0.25, 0.3) is 0 Å². The number of nitrogens with zero attached hydrogens (tertiary/aromatic N) is 4. The van der Waals surface area contributed by atoms with Crippen molar-refractivity contribution in [2.75, 3.05) is 23.8 Å². The van der Waals surface area contributed by atoms with Crippen molar-refractivity contribution in [1.29, 1.82) is 0 Å². The summed E-state index contributed by atoms with van der Waals surface area (Å²) in [5.41, 5.74) is 3.75. The van der Waals surface area contributed by atoms with E-state index in [1.54, 1.807) is 17.1 Å². The molecule has 0 radical (unpaired) electrons. The maximum absolute atomic E-state index is 5.69. The lowest BCUT2D eigenvalue weighted by Crippen LogP contribution is -2.19. The van der Waals surface area contributed by atoms with Crippen LogP contribution in [0.3, 0.4) is 0 Å². The van der Waals surface area contributed by atoms with Crippen LogP contribution in [-0.4, -0.2) is 37.9 Å². The molecule has 2 aromatic heterocycles. The summed E-state index contributed by atoms with van der Waals surface area (Å²) in [4.78, 5) is 0. The van der Waals surface area contributed by atoms with Crippen LogP contribution >= 0.6 is 12.2 Å². The molecule has 0 unspecified atom stereocenters. The average Bonchev–Trinajstić information content (AvgIpc) is 3.25.